The zero-order valence-corrected chi connectivity index (χ0v) is 13.9. The molecular formula is C16H18BrNO3. The number of methoxy groups -OCH3 is 3. The lowest BCUT2D eigenvalue weighted by Gasteiger charge is -2.13. The molecule has 0 fully saturated rings. The first-order chi connectivity index (χ1) is 10.2. The predicted octanol–water partition coefficient (Wildman–Crippen LogP) is 4.09. The van der Waals surface area contributed by atoms with Gasteiger partial charge in [-0.15, -0.1) is 0 Å². The van der Waals surface area contributed by atoms with Gasteiger partial charge in [0.1, 0.15) is 17.2 Å². The molecule has 4 nitrogen and oxygen atoms in total. The topological polar surface area (TPSA) is 39.7 Å². The van der Waals surface area contributed by atoms with Crippen LogP contribution < -0.4 is 19.5 Å². The highest BCUT2D eigenvalue weighted by Crippen LogP contribution is 2.29. The van der Waals surface area contributed by atoms with Crippen molar-refractivity contribution in [3.05, 3.63) is 46.4 Å². The molecule has 2 rings (SSSR count). The van der Waals surface area contributed by atoms with E-state index in [1.165, 1.54) is 0 Å². The smallest absolute Gasteiger partial charge is 0.135 e. The van der Waals surface area contributed by atoms with E-state index in [9.17, 15) is 0 Å². The molecule has 0 saturated heterocycles. The first-order valence-corrected chi connectivity index (χ1v) is 7.25. The number of ether oxygens (including phenoxy) is 3. The quantitative estimate of drug-likeness (QED) is 0.850. The van der Waals surface area contributed by atoms with Crippen LogP contribution in [0.15, 0.2) is 40.9 Å². The molecule has 21 heavy (non-hydrogen) atoms. The molecular weight excluding hydrogens is 334 g/mol. The van der Waals surface area contributed by atoms with Gasteiger partial charge < -0.3 is 19.5 Å². The number of hydrogen-bond donors (Lipinski definition) is 1. The van der Waals surface area contributed by atoms with Crippen LogP contribution in [0.2, 0.25) is 0 Å². The third-order valence-corrected chi connectivity index (χ3v) is 3.78. The van der Waals surface area contributed by atoms with Crippen LogP contribution in [0, 0.1) is 0 Å². The van der Waals surface area contributed by atoms with Gasteiger partial charge in [0.25, 0.3) is 0 Å². The lowest BCUT2D eigenvalue weighted by Crippen LogP contribution is -2.02. The van der Waals surface area contributed by atoms with Gasteiger partial charge in [0.05, 0.1) is 25.8 Å². The maximum Gasteiger partial charge on any atom is 0.135 e. The fourth-order valence-corrected chi connectivity index (χ4v) is 2.40. The molecule has 5 heteroatoms. The summed E-state index contributed by atoms with van der Waals surface area (Å²) in [6, 6.07) is 11.6. The largest absolute Gasteiger partial charge is 0.497 e. The Labute approximate surface area is 133 Å². The van der Waals surface area contributed by atoms with Gasteiger partial charge in [-0.1, -0.05) is 0 Å². The van der Waals surface area contributed by atoms with E-state index in [1.54, 1.807) is 21.3 Å². The van der Waals surface area contributed by atoms with Gasteiger partial charge in [0, 0.05) is 23.9 Å². The maximum absolute atomic E-state index is 5.37. The highest BCUT2D eigenvalue weighted by atomic mass is 79.9. The Bertz CT molecular complexity index is 616. The van der Waals surface area contributed by atoms with Crippen LogP contribution in [0.4, 0.5) is 5.69 Å². The van der Waals surface area contributed by atoms with Crippen LogP contribution in [-0.2, 0) is 6.54 Å². The second-order valence-electron chi connectivity index (χ2n) is 4.38. The van der Waals surface area contributed by atoms with E-state index in [0.29, 0.717) is 6.54 Å². The predicted molar refractivity (Wildman–Crippen MR) is 87.6 cm³/mol. The van der Waals surface area contributed by atoms with Crippen LogP contribution in [0.3, 0.4) is 0 Å². The van der Waals surface area contributed by atoms with Crippen LogP contribution in [0.5, 0.6) is 17.2 Å². The fourth-order valence-electron chi connectivity index (χ4n) is 1.99. The summed E-state index contributed by atoms with van der Waals surface area (Å²) in [5.74, 6) is 2.42. The lowest BCUT2D eigenvalue weighted by molar-refractivity contribution is 0.399. The Kier molecular flexibility index (Phi) is 5.33. The van der Waals surface area contributed by atoms with E-state index in [2.05, 4.69) is 21.2 Å². The van der Waals surface area contributed by atoms with Gasteiger partial charge in [-0.25, -0.2) is 0 Å². The van der Waals surface area contributed by atoms with Crippen molar-refractivity contribution < 1.29 is 14.2 Å². The minimum atomic E-state index is 0.630. The van der Waals surface area contributed by atoms with Crippen molar-refractivity contribution in [2.75, 3.05) is 26.6 Å². The Morgan fingerprint density at radius 1 is 0.905 bits per heavy atom. The van der Waals surface area contributed by atoms with Crippen molar-refractivity contribution in [2.24, 2.45) is 0 Å². The Morgan fingerprint density at radius 2 is 1.67 bits per heavy atom. The Balaban J connectivity index is 2.15. The highest BCUT2D eigenvalue weighted by Gasteiger charge is 2.06. The average Bonchev–Trinajstić information content (AvgIpc) is 2.53. The third kappa shape index (κ3) is 3.82. The molecule has 0 aromatic heterocycles. The van der Waals surface area contributed by atoms with Crippen LogP contribution in [-0.4, -0.2) is 21.3 Å². The van der Waals surface area contributed by atoms with Crippen molar-refractivity contribution in [1.29, 1.82) is 0 Å². The van der Waals surface area contributed by atoms with Gasteiger partial charge in [0.2, 0.25) is 0 Å². The maximum atomic E-state index is 5.37. The molecule has 0 heterocycles. The van der Waals surface area contributed by atoms with Gasteiger partial charge >= 0.3 is 0 Å². The Hall–Kier alpha value is -1.88. The second-order valence-corrected chi connectivity index (χ2v) is 5.23. The molecule has 2 aromatic carbocycles. The molecule has 2 aromatic rings. The monoisotopic (exact) mass is 351 g/mol. The van der Waals surface area contributed by atoms with Crippen molar-refractivity contribution in [1.82, 2.24) is 0 Å². The zero-order chi connectivity index (χ0) is 15.2. The number of benzene rings is 2. The standard InChI is InChI=1S/C16H18BrNO3/c1-19-13-5-7-15(20-2)11(8-13)10-18-12-4-6-14(17)16(9-12)21-3/h4-9,18H,10H2,1-3H3. The Morgan fingerprint density at radius 3 is 2.33 bits per heavy atom. The average molecular weight is 352 g/mol. The van der Waals surface area contributed by atoms with E-state index in [4.69, 9.17) is 14.2 Å². The summed E-state index contributed by atoms with van der Waals surface area (Å²) in [4.78, 5) is 0. The van der Waals surface area contributed by atoms with Crippen LogP contribution >= 0.6 is 15.9 Å². The SMILES string of the molecule is COc1ccc(OC)c(CNc2ccc(Br)c(OC)c2)c1. The minimum absolute atomic E-state index is 0.630. The van der Waals surface area contributed by atoms with E-state index in [-0.39, 0.29) is 0 Å². The summed E-state index contributed by atoms with van der Waals surface area (Å²) in [7, 11) is 4.96. The van der Waals surface area contributed by atoms with Gasteiger partial charge in [0.15, 0.2) is 0 Å². The number of halogens is 1. The lowest BCUT2D eigenvalue weighted by atomic mass is 10.2. The molecule has 0 unspecified atom stereocenters. The normalized spacial score (nSPS) is 10.1. The first kappa shape index (κ1) is 15.5. The molecule has 0 saturated carbocycles. The molecule has 0 aliphatic rings. The number of anilines is 1. The van der Waals surface area contributed by atoms with E-state index >= 15 is 0 Å². The number of nitrogens with one attached hydrogen (secondary N) is 1. The molecule has 0 radical (unpaired) electrons. The second kappa shape index (κ2) is 7.22. The number of rotatable bonds is 6. The van der Waals surface area contributed by atoms with Gasteiger partial charge in [-0.3, -0.25) is 0 Å². The van der Waals surface area contributed by atoms with Crippen LogP contribution in [0.1, 0.15) is 5.56 Å². The van der Waals surface area contributed by atoms with Gasteiger partial charge in [-0.2, -0.15) is 0 Å². The summed E-state index contributed by atoms with van der Waals surface area (Å²) in [6.07, 6.45) is 0. The summed E-state index contributed by atoms with van der Waals surface area (Å²) in [5.41, 5.74) is 2.00. The summed E-state index contributed by atoms with van der Waals surface area (Å²) >= 11 is 3.44. The molecule has 0 aliphatic heterocycles. The molecule has 0 spiro atoms. The van der Waals surface area contributed by atoms with E-state index < -0.39 is 0 Å². The molecule has 1 N–H and O–H groups in total. The molecule has 0 aliphatic carbocycles. The third-order valence-electron chi connectivity index (χ3n) is 3.12. The highest BCUT2D eigenvalue weighted by molar-refractivity contribution is 9.10. The zero-order valence-electron chi connectivity index (χ0n) is 12.3. The van der Waals surface area contributed by atoms with Crippen molar-refractivity contribution >= 4 is 21.6 Å². The number of hydrogen-bond acceptors (Lipinski definition) is 4. The van der Waals surface area contributed by atoms with E-state index in [1.807, 2.05) is 36.4 Å². The molecule has 0 atom stereocenters. The molecule has 112 valence electrons. The minimum Gasteiger partial charge on any atom is -0.497 e. The van der Waals surface area contributed by atoms with Crippen LogP contribution in [0.25, 0.3) is 0 Å². The van der Waals surface area contributed by atoms with Crippen molar-refractivity contribution in [2.45, 2.75) is 6.54 Å². The van der Waals surface area contributed by atoms with Crippen molar-refractivity contribution in [3.8, 4) is 17.2 Å². The van der Waals surface area contributed by atoms with Gasteiger partial charge in [-0.05, 0) is 46.3 Å². The van der Waals surface area contributed by atoms with E-state index in [0.717, 1.165) is 33.0 Å². The molecule has 0 bridgehead atoms. The molecule has 0 amide bonds. The summed E-state index contributed by atoms with van der Waals surface area (Å²) in [6.45, 7) is 0.630. The van der Waals surface area contributed by atoms with Crippen molar-refractivity contribution in [3.63, 3.8) is 0 Å². The first-order valence-electron chi connectivity index (χ1n) is 6.46. The fraction of sp³-hybridized carbons (Fsp3) is 0.250. The summed E-state index contributed by atoms with van der Waals surface area (Å²) < 4.78 is 16.8. The summed E-state index contributed by atoms with van der Waals surface area (Å²) in [5, 5.41) is 3.35.